The number of aromatic amines is 1. The van der Waals surface area contributed by atoms with Crippen molar-refractivity contribution in [1.29, 1.82) is 0 Å². The average Bonchev–Trinajstić information content (AvgIpc) is 3.39. The summed E-state index contributed by atoms with van der Waals surface area (Å²) in [5, 5.41) is 32.6. The molecular formula is C27H33N7O5. The molecular weight excluding hydrogens is 502 g/mol. The Morgan fingerprint density at radius 3 is 2.41 bits per heavy atom. The Bertz CT molecular complexity index is 1360. The fraction of sp³-hybridized carbons (Fsp3) is 0.333. The van der Waals surface area contributed by atoms with Crippen LogP contribution in [0.5, 0.6) is 0 Å². The van der Waals surface area contributed by atoms with Crippen LogP contribution in [-0.2, 0) is 16.3 Å². The second-order valence-electron chi connectivity index (χ2n) is 9.20. The van der Waals surface area contributed by atoms with Crippen LogP contribution in [-0.4, -0.2) is 42.5 Å². The van der Waals surface area contributed by atoms with Crippen LogP contribution < -0.4 is 20.9 Å². The van der Waals surface area contributed by atoms with Crippen molar-refractivity contribution in [2.75, 3.05) is 17.2 Å². The molecule has 12 heteroatoms. The molecule has 0 aliphatic rings. The minimum atomic E-state index is -0.131. The van der Waals surface area contributed by atoms with E-state index in [9.17, 15) is 5.11 Å². The number of aliphatic hydroxyl groups is 1. The van der Waals surface area contributed by atoms with E-state index in [1.54, 1.807) is 6.33 Å². The second-order valence-corrected chi connectivity index (χ2v) is 9.20. The summed E-state index contributed by atoms with van der Waals surface area (Å²) in [4.78, 5) is 23.2. The van der Waals surface area contributed by atoms with Crippen LogP contribution in [0, 0.1) is 18.1 Å². The number of hydrogen-bond donors (Lipinski definition) is 4. The molecule has 12 nitrogen and oxygen atoms in total. The van der Waals surface area contributed by atoms with E-state index in [1.165, 1.54) is 12.2 Å². The Balaban J connectivity index is 0.000000631. The summed E-state index contributed by atoms with van der Waals surface area (Å²) < 4.78 is 2.03. The van der Waals surface area contributed by atoms with Crippen molar-refractivity contribution in [3.05, 3.63) is 60.6 Å². The first-order chi connectivity index (χ1) is 18.9. The number of nitrogens with one attached hydrogen (secondary N) is 3. The molecule has 0 aliphatic carbocycles. The third-order valence-corrected chi connectivity index (χ3v) is 5.86. The average molecular weight is 536 g/mol. The number of fused-ring (bicyclic) bond motifs is 1. The summed E-state index contributed by atoms with van der Waals surface area (Å²) in [5.41, 5.74) is 4.84. The third-order valence-electron chi connectivity index (χ3n) is 5.86. The van der Waals surface area contributed by atoms with Gasteiger partial charge in [-0.2, -0.15) is 15.2 Å². The Kier molecular flexibility index (Phi) is 10.8. The van der Waals surface area contributed by atoms with E-state index >= 15 is 0 Å². The molecule has 1 atom stereocenters. The molecule has 0 radical (unpaired) electrons. The topological polar surface area (TPSA) is 164 Å². The molecule has 0 saturated carbocycles. The number of pyridine rings is 1. The Hall–Kier alpha value is -4.44. The molecule has 0 aliphatic heterocycles. The normalized spacial score (nSPS) is 11.3. The highest BCUT2D eigenvalue weighted by Crippen LogP contribution is 2.25. The second kappa shape index (κ2) is 14.5. The van der Waals surface area contributed by atoms with Gasteiger partial charge in [0.25, 0.3) is 0 Å². The van der Waals surface area contributed by atoms with Crippen LogP contribution in [0.2, 0.25) is 0 Å². The van der Waals surface area contributed by atoms with Crippen molar-refractivity contribution in [2.45, 2.75) is 46.3 Å². The highest BCUT2D eigenvalue weighted by atomic mass is 17.1. The summed E-state index contributed by atoms with van der Waals surface area (Å²) in [6.45, 7) is 8.92. The summed E-state index contributed by atoms with van der Waals surface area (Å²) >= 11 is 0. The predicted molar refractivity (Wildman–Crippen MR) is 143 cm³/mol. The number of aliphatic hydroxyl groups excluding tert-OH is 1. The number of benzene rings is 1. The molecule has 0 spiro atoms. The van der Waals surface area contributed by atoms with E-state index < -0.39 is 0 Å². The van der Waals surface area contributed by atoms with Gasteiger partial charge in [-0.25, -0.2) is 9.97 Å². The fourth-order valence-electron chi connectivity index (χ4n) is 3.67. The van der Waals surface area contributed by atoms with E-state index in [4.69, 9.17) is 20.5 Å². The van der Waals surface area contributed by atoms with Crippen LogP contribution in [0.15, 0.2) is 55.0 Å². The lowest BCUT2D eigenvalue weighted by atomic mass is 10.1. The van der Waals surface area contributed by atoms with Gasteiger partial charge in [0.05, 0.1) is 19.0 Å². The molecule has 4 aromatic rings. The molecule has 39 heavy (non-hydrogen) atoms. The van der Waals surface area contributed by atoms with Gasteiger partial charge in [-0.15, -0.1) is 0 Å². The van der Waals surface area contributed by atoms with Crippen molar-refractivity contribution >= 4 is 22.9 Å². The molecule has 5 N–H and O–H groups in total. The molecule has 0 fully saturated rings. The number of aromatic nitrogens is 5. The van der Waals surface area contributed by atoms with Crippen LogP contribution >= 0.6 is 0 Å². The van der Waals surface area contributed by atoms with Gasteiger partial charge >= 0.3 is 0 Å². The lowest BCUT2D eigenvalue weighted by Crippen LogP contribution is -2.30. The maximum Gasteiger partial charge on any atom is 0.227 e. The quantitative estimate of drug-likeness (QED) is 0.142. The third kappa shape index (κ3) is 8.02. The molecule has 206 valence electrons. The van der Waals surface area contributed by atoms with Crippen LogP contribution in [0.1, 0.15) is 39.3 Å². The van der Waals surface area contributed by atoms with Gasteiger partial charge in [0.2, 0.25) is 11.6 Å². The summed E-state index contributed by atoms with van der Waals surface area (Å²) in [6, 6.07) is 14.5. The van der Waals surface area contributed by atoms with Crippen molar-refractivity contribution in [3.8, 4) is 23.5 Å². The molecule has 3 heterocycles. The van der Waals surface area contributed by atoms with E-state index in [1.807, 2.05) is 22.9 Å². The minimum absolute atomic E-state index is 0.0104. The van der Waals surface area contributed by atoms with Gasteiger partial charge in [0.1, 0.15) is 0 Å². The first-order valence-corrected chi connectivity index (χ1v) is 12.4. The molecule has 4 rings (SSSR count). The summed E-state index contributed by atoms with van der Waals surface area (Å²) in [5.74, 6) is 1.39. The highest BCUT2D eigenvalue weighted by molar-refractivity contribution is 5.84. The van der Waals surface area contributed by atoms with Crippen molar-refractivity contribution in [2.24, 2.45) is 5.92 Å². The maximum absolute atomic E-state index is 9.75. The first kappa shape index (κ1) is 29.1. The highest BCUT2D eigenvalue weighted by Gasteiger charge is 2.18. The van der Waals surface area contributed by atoms with Gasteiger partial charge in [0, 0.05) is 30.3 Å². The van der Waals surface area contributed by atoms with Gasteiger partial charge in [0.15, 0.2) is 35.4 Å². The van der Waals surface area contributed by atoms with E-state index in [0.29, 0.717) is 18.3 Å². The zero-order valence-electron chi connectivity index (χ0n) is 22.3. The van der Waals surface area contributed by atoms with E-state index in [0.717, 1.165) is 28.0 Å². The zero-order valence-corrected chi connectivity index (χ0v) is 22.3. The Morgan fingerprint density at radius 2 is 1.85 bits per heavy atom. The largest absolute Gasteiger partial charge is 0.653 e. The Labute approximate surface area is 226 Å². The summed E-state index contributed by atoms with van der Waals surface area (Å²) in [6.07, 6.45) is 6.61. The van der Waals surface area contributed by atoms with Crippen LogP contribution in [0.25, 0.3) is 22.4 Å². The Morgan fingerprint density at radius 1 is 1.08 bits per heavy atom. The van der Waals surface area contributed by atoms with Crippen molar-refractivity contribution in [1.82, 2.24) is 19.5 Å². The zero-order chi connectivity index (χ0) is 28.2. The fourth-order valence-corrected chi connectivity index (χ4v) is 3.67. The lowest BCUT2D eigenvalue weighted by molar-refractivity contribution is -0.658. The maximum atomic E-state index is 9.75. The van der Waals surface area contributed by atoms with E-state index in [-0.39, 0.29) is 24.6 Å². The molecule has 0 saturated heterocycles. The molecule has 0 unspecified atom stereocenters. The molecule has 0 amide bonds. The van der Waals surface area contributed by atoms with Crippen molar-refractivity contribution in [3.63, 3.8) is 0 Å². The van der Waals surface area contributed by atoms with Gasteiger partial charge in [-0.1, -0.05) is 26.0 Å². The van der Waals surface area contributed by atoms with Gasteiger partial charge < -0.3 is 30.5 Å². The monoisotopic (exact) mass is 535 g/mol. The van der Waals surface area contributed by atoms with Crippen LogP contribution in [0.3, 0.4) is 0 Å². The van der Waals surface area contributed by atoms with E-state index in [2.05, 4.69) is 88.4 Å². The molecule has 3 aromatic heterocycles. The molecule has 0 bridgehead atoms. The smallest absolute Gasteiger partial charge is 0.227 e. The number of imidazole rings is 1. The number of hydrogen-bond acceptors (Lipinski definition) is 10. The number of H-pyrrole nitrogens is 1. The summed E-state index contributed by atoms with van der Waals surface area (Å²) in [7, 11) is 0. The predicted octanol–water partition coefficient (Wildman–Crippen LogP) is 2.62. The minimum Gasteiger partial charge on any atom is -0.653 e. The van der Waals surface area contributed by atoms with Crippen molar-refractivity contribution < 1.29 is 30.4 Å². The SMILES string of the molecule is CC(C)[C@H](CO)Nc1nc(NCc2ccc(-c3cccc[nH+]3)cc2)c2ncn(C(C)C)c2n1.[O-]OC#COO. The lowest BCUT2D eigenvalue weighted by Gasteiger charge is -2.20. The van der Waals surface area contributed by atoms with Gasteiger partial charge in [-0.3, -0.25) is 4.89 Å². The number of anilines is 2. The van der Waals surface area contributed by atoms with Gasteiger partial charge in [-0.05, 0) is 43.5 Å². The number of rotatable bonds is 9. The molecule has 1 aromatic carbocycles. The number of nitrogens with zero attached hydrogens (tertiary/aromatic N) is 4. The first-order valence-electron chi connectivity index (χ1n) is 12.4. The standard InChI is InChI=1S/C25H31N7O.C2H2O4/c1-16(2)21(14-33)29-25-30-23(22-24(31-25)32(15-28-22)17(3)4)27-13-18-8-10-19(11-9-18)20-7-5-6-12-26-20;3-5-1-2-6-4/h5-12,15-17,21,33H,13-14H2,1-4H3,(H2,27,29,30,31);3-4H/t21-;/m0./s1. The van der Waals surface area contributed by atoms with Crippen LogP contribution in [0.4, 0.5) is 11.8 Å².